The third kappa shape index (κ3) is 15.9. The zero-order chi connectivity index (χ0) is 38.0. The summed E-state index contributed by atoms with van der Waals surface area (Å²) in [4.78, 5) is 45.6. The number of nitrogens with one attached hydrogen (secondary N) is 2. The molecule has 3 rings (SSSR count). The molecule has 7 unspecified atom stereocenters. The van der Waals surface area contributed by atoms with Crippen molar-refractivity contribution in [3.63, 3.8) is 0 Å². The van der Waals surface area contributed by atoms with Gasteiger partial charge in [-0.2, -0.15) is 0 Å². The lowest BCUT2D eigenvalue weighted by Crippen LogP contribution is -2.56. The van der Waals surface area contributed by atoms with Gasteiger partial charge in [0.15, 0.2) is 0 Å². The van der Waals surface area contributed by atoms with Crippen LogP contribution in [0.25, 0.3) is 0 Å². The summed E-state index contributed by atoms with van der Waals surface area (Å²) in [6.07, 6.45) is 12.2. The maximum Gasteiger partial charge on any atom is 0.303 e. The monoisotopic (exact) mass is 707 g/mol. The Morgan fingerprint density at radius 1 is 1.08 bits per heavy atom. The van der Waals surface area contributed by atoms with Crippen LogP contribution < -0.4 is 16.4 Å². The van der Waals surface area contributed by atoms with Gasteiger partial charge in [-0.25, -0.2) is 0 Å². The highest BCUT2D eigenvalue weighted by Crippen LogP contribution is 2.34. The van der Waals surface area contributed by atoms with Gasteiger partial charge in [0.25, 0.3) is 0 Å². The Morgan fingerprint density at radius 2 is 1.72 bits per heavy atom. The molecule has 0 spiro atoms. The Bertz CT molecular complexity index is 1170. The van der Waals surface area contributed by atoms with Crippen molar-refractivity contribution in [2.45, 2.75) is 168 Å². The van der Waals surface area contributed by atoms with Gasteiger partial charge in [0.05, 0.1) is 36.4 Å². The third-order valence-corrected chi connectivity index (χ3v) is 9.25. The number of allylic oxidation sites excluding steroid dienone is 2. The van der Waals surface area contributed by atoms with Crippen molar-refractivity contribution < 1.29 is 43.2 Å². The fourth-order valence-corrected chi connectivity index (χ4v) is 5.87. The molecule has 0 aromatic rings. The largest absolute Gasteiger partial charge is 0.459 e. The SMILES string of the molecule is CC.CCC(N)=O.COC1(C)C[C@@H](CC(=O)NC2CCC2)OC(/C=C/C(C)=C/CC2OC(C)C(NC(=O)/C=C\C(C)OC(C)=O)CC2C)[C@H]1O. The summed E-state index contributed by atoms with van der Waals surface area (Å²) in [7, 11) is 1.58. The zero-order valence-corrected chi connectivity index (χ0v) is 32.0. The van der Waals surface area contributed by atoms with Crippen LogP contribution in [0, 0.1) is 5.92 Å². The Kier molecular flexibility index (Phi) is 20.4. The number of carbonyl (C=O) groups excluding carboxylic acids is 4. The van der Waals surface area contributed by atoms with Gasteiger partial charge < -0.3 is 40.4 Å². The van der Waals surface area contributed by atoms with Crippen molar-refractivity contribution in [3.8, 4) is 0 Å². The molecular formula is C38H65N3O9. The summed E-state index contributed by atoms with van der Waals surface area (Å²) in [5.41, 5.74) is 4.83. The van der Waals surface area contributed by atoms with Crippen LogP contribution in [0.1, 0.15) is 114 Å². The molecule has 3 fully saturated rings. The second kappa shape index (κ2) is 22.7. The number of aliphatic hydroxyl groups is 1. The molecule has 1 aliphatic carbocycles. The smallest absolute Gasteiger partial charge is 0.303 e. The first kappa shape index (κ1) is 45.0. The van der Waals surface area contributed by atoms with E-state index in [-0.39, 0.29) is 60.5 Å². The molecule has 50 heavy (non-hydrogen) atoms. The van der Waals surface area contributed by atoms with Gasteiger partial charge in [0, 0.05) is 39.0 Å². The van der Waals surface area contributed by atoms with E-state index in [0.29, 0.717) is 19.3 Å². The summed E-state index contributed by atoms with van der Waals surface area (Å²) in [6, 6.07) is 0.148. The number of aliphatic hydroxyl groups excluding tert-OH is 1. The number of nitrogens with two attached hydrogens (primary N) is 1. The van der Waals surface area contributed by atoms with E-state index >= 15 is 0 Å². The maximum atomic E-state index is 12.5. The van der Waals surface area contributed by atoms with Gasteiger partial charge in [-0.3, -0.25) is 19.2 Å². The minimum Gasteiger partial charge on any atom is -0.459 e. The highest BCUT2D eigenvalue weighted by molar-refractivity contribution is 5.87. The molecule has 0 bridgehead atoms. The molecule has 2 heterocycles. The van der Waals surface area contributed by atoms with E-state index in [1.165, 1.54) is 13.0 Å². The fraction of sp³-hybridized carbons (Fsp3) is 0.737. The molecule has 12 nitrogen and oxygen atoms in total. The number of esters is 1. The standard InChI is InChI=1S/C33H52N2O8.C3H7NO.C2H6/c1-20(11-14-28-21(2)17-27(23(4)42-28)35-30(37)16-13-22(3)41-24(5)36)12-15-29-32(39)33(6,40-7)19-26(43-29)18-31(38)34-25-9-8-10-25;1-2-3(4)5;1-2/h11-13,15-16,21-23,25-29,32,39H,8-10,14,17-19H2,1-7H3,(H,34,38)(H,35,37);2H2,1H3,(H2,4,5);1-2H3/b15-12+,16-13-,20-11+;;/t21?,22?,23?,26-,27?,28?,29?,32-,33?;;/m1../s1. The zero-order valence-electron chi connectivity index (χ0n) is 32.0. The molecule has 3 aliphatic rings. The van der Waals surface area contributed by atoms with E-state index in [1.54, 1.807) is 27.0 Å². The average Bonchev–Trinajstić information content (AvgIpc) is 3.04. The molecule has 0 aromatic carbocycles. The average molecular weight is 708 g/mol. The molecule has 0 radical (unpaired) electrons. The lowest BCUT2D eigenvalue weighted by molar-refractivity contribution is -0.207. The number of rotatable bonds is 13. The van der Waals surface area contributed by atoms with Crippen LogP contribution in [0.15, 0.2) is 36.0 Å². The van der Waals surface area contributed by atoms with Gasteiger partial charge in [-0.1, -0.05) is 51.5 Å². The topological polar surface area (TPSA) is 176 Å². The van der Waals surface area contributed by atoms with E-state index < -0.39 is 29.9 Å². The molecule has 12 heteroatoms. The van der Waals surface area contributed by atoms with E-state index in [1.807, 2.05) is 46.8 Å². The van der Waals surface area contributed by atoms with Crippen LogP contribution >= 0.6 is 0 Å². The van der Waals surface area contributed by atoms with E-state index in [2.05, 4.69) is 29.4 Å². The second-order valence-electron chi connectivity index (χ2n) is 13.5. The first-order chi connectivity index (χ1) is 23.6. The predicted octanol–water partition coefficient (Wildman–Crippen LogP) is 4.58. The summed E-state index contributed by atoms with van der Waals surface area (Å²) < 4.78 is 23.2. The summed E-state index contributed by atoms with van der Waals surface area (Å²) in [6.45, 7) is 16.7. The van der Waals surface area contributed by atoms with Crippen LogP contribution in [-0.4, -0.2) is 90.2 Å². The Hall–Kier alpha value is -3.06. The summed E-state index contributed by atoms with van der Waals surface area (Å²) in [5.74, 6) is -0.689. The van der Waals surface area contributed by atoms with Crippen molar-refractivity contribution >= 4 is 23.7 Å². The molecule has 3 amide bonds. The maximum absolute atomic E-state index is 12.5. The number of hydrogen-bond acceptors (Lipinski definition) is 9. The first-order valence-electron chi connectivity index (χ1n) is 18.2. The number of ether oxygens (including phenoxy) is 4. The van der Waals surface area contributed by atoms with Crippen LogP contribution in [0.4, 0.5) is 0 Å². The third-order valence-electron chi connectivity index (χ3n) is 9.25. The first-order valence-corrected chi connectivity index (χ1v) is 18.2. The van der Waals surface area contributed by atoms with E-state index in [4.69, 9.17) is 18.9 Å². The minimum absolute atomic E-state index is 0.00195. The van der Waals surface area contributed by atoms with Gasteiger partial charge in [-0.05, 0) is 71.8 Å². The molecule has 2 aliphatic heterocycles. The molecular weight excluding hydrogens is 642 g/mol. The normalized spacial score (nSPS) is 30.5. The van der Waals surface area contributed by atoms with Crippen molar-refractivity contribution in [1.29, 1.82) is 0 Å². The molecule has 9 atom stereocenters. The molecule has 5 N–H and O–H groups in total. The van der Waals surface area contributed by atoms with Crippen LogP contribution in [-0.2, 0) is 38.1 Å². The van der Waals surface area contributed by atoms with Crippen molar-refractivity contribution in [1.82, 2.24) is 10.6 Å². The Balaban J connectivity index is 0.00000163. The molecule has 0 aromatic heterocycles. The van der Waals surface area contributed by atoms with Gasteiger partial charge in [-0.15, -0.1) is 0 Å². The van der Waals surface area contributed by atoms with E-state index in [0.717, 1.165) is 31.3 Å². The van der Waals surface area contributed by atoms with Crippen molar-refractivity contribution in [2.75, 3.05) is 7.11 Å². The van der Waals surface area contributed by atoms with Gasteiger partial charge in [0.2, 0.25) is 17.7 Å². The number of methoxy groups -OCH3 is 1. The van der Waals surface area contributed by atoms with Crippen LogP contribution in [0.5, 0.6) is 0 Å². The Labute approximate surface area is 300 Å². The van der Waals surface area contributed by atoms with Gasteiger partial charge >= 0.3 is 5.97 Å². The lowest BCUT2D eigenvalue weighted by atomic mass is 9.84. The molecule has 286 valence electrons. The van der Waals surface area contributed by atoms with Crippen molar-refractivity contribution in [2.24, 2.45) is 11.7 Å². The molecule has 1 saturated carbocycles. The highest BCUT2D eigenvalue weighted by Gasteiger charge is 2.46. The lowest BCUT2D eigenvalue weighted by Gasteiger charge is -2.44. The fourth-order valence-electron chi connectivity index (χ4n) is 5.87. The Morgan fingerprint density at radius 3 is 2.26 bits per heavy atom. The van der Waals surface area contributed by atoms with Crippen molar-refractivity contribution in [3.05, 3.63) is 36.0 Å². The quantitative estimate of drug-likeness (QED) is 0.121. The second-order valence-corrected chi connectivity index (χ2v) is 13.5. The number of primary amides is 1. The highest BCUT2D eigenvalue weighted by atomic mass is 16.5. The van der Waals surface area contributed by atoms with Crippen LogP contribution in [0.2, 0.25) is 0 Å². The minimum atomic E-state index is -0.873. The number of amides is 3. The van der Waals surface area contributed by atoms with Gasteiger partial charge in [0.1, 0.15) is 18.3 Å². The number of hydrogen-bond donors (Lipinski definition) is 4. The summed E-state index contributed by atoms with van der Waals surface area (Å²) >= 11 is 0. The predicted molar refractivity (Wildman–Crippen MR) is 194 cm³/mol. The molecule has 2 saturated heterocycles. The van der Waals surface area contributed by atoms with E-state index in [9.17, 15) is 24.3 Å². The van der Waals surface area contributed by atoms with Crippen LogP contribution in [0.3, 0.4) is 0 Å². The summed E-state index contributed by atoms with van der Waals surface area (Å²) in [5, 5.41) is 17.1. The number of carbonyl (C=O) groups is 4.